The SMILES string of the molecule is Cc1cccc(CCCOC(=O)[C@@H]2CCc3cn[nH]c3C2)n1. The monoisotopic (exact) mass is 299 g/mol. The van der Waals surface area contributed by atoms with E-state index >= 15 is 0 Å². The summed E-state index contributed by atoms with van der Waals surface area (Å²) in [6, 6.07) is 6.00. The quantitative estimate of drug-likeness (QED) is 0.680. The number of rotatable bonds is 5. The van der Waals surface area contributed by atoms with Gasteiger partial charge in [-0.15, -0.1) is 0 Å². The van der Waals surface area contributed by atoms with Crippen LogP contribution >= 0.6 is 0 Å². The molecule has 0 aromatic carbocycles. The van der Waals surface area contributed by atoms with Gasteiger partial charge in [0, 0.05) is 23.5 Å². The molecule has 116 valence electrons. The van der Waals surface area contributed by atoms with Crippen LogP contribution in [0.4, 0.5) is 0 Å². The summed E-state index contributed by atoms with van der Waals surface area (Å²) in [6.45, 7) is 2.44. The van der Waals surface area contributed by atoms with Crippen molar-refractivity contribution in [2.45, 2.75) is 39.0 Å². The van der Waals surface area contributed by atoms with Crippen LogP contribution in [-0.2, 0) is 28.8 Å². The number of carbonyl (C=O) groups excluding carboxylic acids is 1. The van der Waals surface area contributed by atoms with E-state index in [9.17, 15) is 4.79 Å². The predicted molar refractivity (Wildman–Crippen MR) is 82.4 cm³/mol. The number of aromatic nitrogens is 3. The second-order valence-corrected chi connectivity index (χ2v) is 5.85. The highest BCUT2D eigenvalue weighted by molar-refractivity contribution is 5.73. The van der Waals surface area contributed by atoms with Gasteiger partial charge < -0.3 is 4.74 Å². The van der Waals surface area contributed by atoms with Crippen LogP contribution in [0.25, 0.3) is 0 Å². The number of hydrogen-bond donors (Lipinski definition) is 1. The highest BCUT2D eigenvalue weighted by Gasteiger charge is 2.26. The zero-order chi connectivity index (χ0) is 15.4. The number of nitrogens with zero attached hydrogens (tertiary/aromatic N) is 2. The molecule has 0 fully saturated rings. The van der Waals surface area contributed by atoms with E-state index in [4.69, 9.17) is 4.74 Å². The summed E-state index contributed by atoms with van der Waals surface area (Å²) in [5, 5.41) is 7.00. The van der Waals surface area contributed by atoms with Gasteiger partial charge in [0.15, 0.2) is 0 Å². The van der Waals surface area contributed by atoms with Gasteiger partial charge in [-0.3, -0.25) is 14.9 Å². The van der Waals surface area contributed by atoms with E-state index in [2.05, 4.69) is 15.2 Å². The summed E-state index contributed by atoms with van der Waals surface area (Å²) in [6.07, 6.45) is 5.97. The number of ether oxygens (including phenoxy) is 1. The van der Waals surface area contributed by atoms with Crippen molar-refractivity contribution in [2.24, 2.45) is 5.92 Å². The van der Waals surface area contributed by atoms with Crippen molar-refractivity contribution in [3.8, 4) is 0 Å². The molecular formula is C17H21N3O2. The van der Waals surface area contributed by atoms with Gasteiger partial charge in [-0.1, -0.05) is 6.07 Å². The molecule has 2 heterocycles. The molecule has 0 amide bonds. The van der Waals surface area contributed by atoms with E-state index in [1.807, 2.05) is 31.3 Å². The van der Waals surface area contributed by atoms with Gasteiger partial charge in [0.25, 0.3) is 0 Å². The molecule has 1 atom stereocenters. The van der Waals surface area contributed by atoms with Gasteiger partial charge in [-0.2, -0.15) is 5.10 Å². The number of fused-ring (bicyclic) bond motifs is 1. The Morgan fingerprint density at radius 3 is 3.23 bits per heavy atom. The molecule has 1 aliphatic carbocycles. The normalized spacial score (nSPS) is 17.0. The van der Waals surface area contributed by atoms with Gasteiger partial charge in [0.1, 0.15) is 0 Å². The van der Waals surface area contributed by atoms with Crippen LogP contribution in [0.1, 0.15) is 35.5 Å². The van der Waals surface area contributed by atoms with Crippen LogP contribution in [0, 0.1) is 12.8 Å². The molecule has 0 saturated carbocycles. The van der Waals surface area contributed by atoms with E-state index < -0.39 is 0 Å². The maximum Gasteiger partial charge on any atom is 0.309 e. The van der Waals surface area contributed by atoms with Crippen LogP contribution in [0.3, 0.4) is 0 Å². The van der Waals surface area contributed by atoms with Crippen molar-refractivity contribution in [3.05, 3.63) is 47.0 Å². The van der Waals surface area contributed by atoms with Gasteiger partial charge >= 0.3 is 5.97 Å². The van der Waals surface area contributed by atoms with Crippen molar-refractivity contribution in [1.29, 1.82) is 0 Å². The average Bonchev–Trinajstić information content (AvgIpc) is 2.99. The molecule has 0 aliphatic heterocycles. The van der Waals surface area contributed by atoms with Crippen molar-refractivity contribution in [1.82, 2.24) is 15.2 Å². The fourth-order valence-electron chi connectivity index (χ4n) is 2.89. The molecule has 5 nitrogen and oxygen atoms in total. The molecule has 3 rings (SSSR count). The third-order valence-corrected chi connectivity index (χ3v) is 4.12. The van der Waals surface area contributed by atoms with Gasteiger partial charge in [-0.25, -0.2) is 0 Å². The number of pyridine rings is 1. The first-order valence-corrected chi connectivity index (χ1v) is 7.82. The second kappa shape index (κ2) is 6.73. The third-order valence-electron chi connectivity index (χ3n) is 4.12. The summed E-state index contributed by atoms with van der Waals surface area (Å²) in [7, 11) is 0. The first-order chi connectivity index (χ1) is 10.7. The molecule has 1 N–H and O–H groups in total. The lowest BCUT2D eigenvalue weighted by molar-refractivity contribution is -0.149. The van der Waals surface area contributed by atoms with Crippen molar-refractivity contribution >= 4 is 5.97 Å². The Bertz CT molecular complexity index is 651. The minimum absolute atomic E-state index is 0.0370. The fraction of sp³-hybridized carbons (Fsp3) is 0.471. The summed E-state index contributed by atoms with van der Waals surface area (Å²) < 4.78 is 5.42. The lowest BCUT2D eigenvalue weighted by atomic mass is 9.88. The Morgan fingerprint density at radius 2 is 2.36 bits per heavy atom. The average molecular weight is 299 g/mol. The summed E-state index contributed by atoms with van der Waals surface area (Å²) in [4.78, 5) is 16.6. The Labute approximate surface area is 130 Å². The van der Waals surface area contributed by atoms with Crippen LogP contribution < -0.4 is 0 Å². The van der Waals surface area contributed by atoms with Crippen molar-refractivity contribution in [3.63, 3.8) is 0 Å². The Kier molecular flexibility index (Phi) is 4.51. The van der Waals surface area contributed by atoms with E-state index in [1.54, 1.807) is 0 Å². The number of nitrogens with one attached hydrogen (secondary N) is 1. The summed E-state index contributed by atoms with van der Waals surface area (Å²) in [5.74, 6) is -0.123. The smallest absolute Gasteiger partial charge is 0.309 e. The van der Waals surface area contributed by atoms with Gasteiger partial charge in [0.05, 0.1) is 18.7 Å². The zero-order valence-corrected chi connectivity index (χ0v) is 12.8. The number of aryl methyl sites for hydroxylation is 3. The van der Waals surface area contributed by atoms with Crippen LogP contribution in [0.5, 0.6) is 0 Å². The van der Waals surface area contributed by atoms with Crippen LogP contribution in [0.2, 0.25) is 0 Å². The minimum Gasteiger partial charge on any atom is -0.465 e. The first kappa shape index (κ1) is 14.8. The number of H-pyrrole nitrogens is 1. The summed E-state index contributed by atoms with van der Waals surface area (Å²) in [5.41, 5.74) is 4.38. The fourth-order valence-corrected chi connectivity index (χ4v) is 2.89. The maximum atomic E-state index is 12.1. The maximum absolute atomic E-state index is 12.1. The standard InChI is InChI=1S/C17H21N3O2/c1-12-4-2-5-15(19-12)6-3-9-22-17(21)13-7-8-14-11-18-20-16(14)10-13/h2,4-5,11,13H,3,6-10H2,1H3,(H,18,20)/t13-/m1/s1. The number of hydrogen-bond acceptors (Lipinski definition) is 4. The van der Waals surface area contributed by atoms with Crippen molar-refractivity contribution in [2.75, 3.05) is 6.61 Å². The summed E-state index contributed by atoms with van der Waals surface area (Å²) >= 11 is 0. The first-order valence-electron chi connectivity index (χ1n) is 7.82. The highest BCUT2D eigenvalue weighted by Crippen LogP contribution is 2.24. The van der Waals surface area contributed by atoms with E-state index in [-0.39, 0.29) is 11.9 Å². The zero-order valence-electron chi connectivity index (χ0n) is 12.8. The van der Waals surface area contributed by atoms with Crippen LogP contribution in [-0.4, -0.2) is 27.8 Å². The Balaban J connectivity index is 1.41. The molecule has 1 aliphatic rings. The Morgan fingerprint density at radius 1 is 1.45 bits per heavy atom. The molecule has 0 bridgehead atoms. The second-order valence-electron chi connectivity index (χ2n) is 5.85. The predicted octanol–water partition coefficient (Wildman–Crippen LogP) is 2.39. The molecule has 2 aromatic rings. The third kappa shape index (κ3) is 3.53. The van der Waals surface area contributed by atoms with Crippen LogP contribution in [0.15, 0.2) is 24.4 Å². The topological polar surface area (TPSA) is 67.9 Å². The highest BCUT2D eigenvalue weighted by atomic mass is 16.5. The molecule has 0 radical (unpaired) electrons. The molecule has 2 aromatic heterocycles. The molecule has 5 heteroatoms. The molecular weight excluding hydrogens is 278 g/mol. The largest absolute Gasteiger partial charge is 0.465 e. The molecule has 0 unspecified atom stereocenters. The van der Waals surface area contributed by atoms with Gasteiger partial charge in [-0.05, 0) is 50.3 Å². The lowest BCUT2D eigenvalue weighted by Crippen LogP contribution is -2.25. The van der Waals surface area contributed by atoms with E-state index in [0.717, 1.165) is 42.8 Å². The minimum atomic E-state index is -0.0857. The molecule has 22 heavy (non-hydrogen) atoms. The van der Waals surface area contributed by atoms with Gasteiger partial charge in [0.2, 0.25) is 0 Å². The molecule has 0 spiro atoms. The lowest BCUT2D eigenvalue weighted by Gasteiger charge is -2.20. The number of carbonyl (C=O) groups is 1. The Hall–Kier alpha value is -2.17. The number of esters is 1. The van der Waals surface area contributed by atoms with Crippen molar-refractivity contribution < 1.29 is 9.53 Å². The molecule has 0 saturated heterocycles. The van der Waals surface area contributed by atoms with E-state index in [0.29, 0.717) is 13.0 Å². The number of aromatic amines is 1. The van der Waals surface area contributed by atoms with E-state index in [1.165, 1.54) is 5.56 Å².